The van der Waals surface area contributed by atoms with Crippen LogP contribution in [-0.2, 0) is 0 Å². The Kier molecular flexibility index (Phi) is 2.42. The third-order valence-corrected chi connectivity index (χ3v) is 4.88. The summed E-state index contributed by atoms with van der Waals surface area (Å²) in [6.45, 7) is 4.18. The van der Waals surface area contributed by atoms with Gasteiger partial charge in [-0.15, -0.1) is 0 Å². The lowest BCUT2D eigenvalue weighted by Gasteiger charge is -2.06. The first kappa shape index (κ1) is 14.5. The van der Waals surface area contributed by atoms with Crippen molar-refractivity contribution in [1.29, 1.82) is 0 Å². The Balaban J connectivity index is 1.89. The molecule has 1 aliphatic rings. The zero-order chi connectivity index (χ0) is 19.1. The summed E-state index contributed by atoms with van der Waals surface area (Å²) >= 11 is 0. The molecule has 0 radical (unpaired) electrons. The number of aliphatic imine (C=N–C) groups is 1. The number of rotatable bonds is 0. The maximum absolute atomic E-state index is 4.76. The molecule has 0 amide bonds. The minimum atomic E-state index is 0.494. The van der Waals surface area contributed by atoms with Gasteiger partial charge in [-0.1, -0.05) is 12.7 Å². The van der Waals surface area contributed by atoms with Crippen molar-refractivity contribution in [2.75, 3.05) is 0 Å². The zero-order valence-electron chi connectivity index (χ0n) is 14.7. The summed E-state index contributed by atoms with van der Waals surface area (Å²) in [6.07, 6.45) is 11.9. The number of imidazole rings is 3. The van der Waals surface area contributed by atoms with Gasteiger partial charge in [-0.05, 0) is 11.6 Å². The third kappa shape index (κ3) is 1.67. The van der Waals surface area contributed by atoms with E-state index in [1.807, 2.05) is 25.4 Å². The topological polar surface area (TPSA) is 116 Å². The van der Waals surface area contributed by atoms with E-state index in [0.29, 0.717) is 45.7 Å². The summed E-state index contributed by atoms with van der Waals surface area (Å²) in [7, 11) is 0. The molecular formula is C18H9N11. The summed E-state index contributed by atoms with van der Waals surface area (Å²) in [4.78, 5) is 36.3. The van der Waals surface area contributed by atoms with Crippen molar-refractivity contribution in [2.45, 2.75) is 0 Å². The number of allylic oxidation sites excluding steroid dienone is 3. The van der Waals surface area contributed by atoms with Gasteiger partial charge in [0, 0.05) is 31.0 Å². The number of hydrogen-bond acceptors (Lipinski definition) is 8. The third-order valence-electron chi connectivity index (χ3n) is 4.88. The molecule has 29 heavy (non-hydrogen) atoms. The van der Waals surface area contributed by atoms with Crippen LogP contribution in [0.25, 0.3) is 45.5 Å². The van der Waals surface area contributed by atoms with E-state index in [1.165, 1.54) is 0 Å². The fraction of sp³-hybridized carbons (Fsp3) is 0. The lowest BCUT2D eigenvalue weighted by molar-refractivity contribution is 0.983. The SMILES string of the molecule is C=C1C=CC=Nc2nc3n(c21)c1nc2nccnc2n1c1nc2nccnc2n31. The van der Waals surface area contributed by atoms with Gasteiger partial charge in [0.25, 0.3) is 0 Å². The number of fused-ring (bicyclic) bond motifs is 12. The van der Waals surface area contributed by atoms with Crippen LogP contribution in [-0.4, -0.2) is 54.3 Å². The van der Waals surface area contributed by atoms with Crippen LogP contribution in [0, 0.1) is 0 Å². The van der Waals surface area contributed by atoms with Crippen LogP contribution in [0.1, 0.15) is 5.69 Å². The predicted octanol–water partition coefficient (Wildman–Crippen LogP) is 1.80. The molecule has 7 rings (SSSR count). The highest BCUT2D eigenvalue weighted by molar-refractivity contribution is 5.90. The predicted molar refractivity (Wildman–Crippen MR) is 105 cm³/mol. The summed E-state index contributed by atoms with van der Waals surface area (Å²) in [5.74, 6) is 2.20. The molecule has 0 aromatic carbocycles. The van der Waals surface area contributed by atoms with E-state index in [9.17, 15) is 0 Å². The summed E-state index contributed by atoms with van der Waals surface area (Å²) in [5, 5.41) is 0. The van der Waals surface area contributed by atoms with Crippen molar-refractivity contribution in [1.82, 2.24) is 48.1 Å². The van der Waals surface area contributed by atoms with Crippen LogP contribution >= 0.6 is 0 Å². The number of hydrogen-bond donors (Lipinski definition) is 0. The number of aromatic nitrogens is 10. The van der Waals surface area contributed by atoms with E-state index in [2.05, 4.69) is 36.5 Å². The molecule has 0 bridgehead atoms. The minimum Gasteiger partial charge on any atom is -0.244 e. The fourth-order valence-electron chi connectivity index (χ4n) is 3.73. The Bertz CT molecular complexity index is 1730. The first-order valence-electron chi connectivity index (χ1n) is 8.74. The summed E-state index contributed by atoms with van der Waals surface area (Å²) in [6, 6.07) is 0. The van der Waals surface area contributed by atoms with E-state index in [-0.39, 0.29) is 0 Å². The van der Waals surface area contributed by atoms with Gasteiger partial charge in [-0.3, -0.25) is 0 Å². The van der Waals surface area contributed by atoms with E-state index in [0.717, 1.165) is 11.3 Å². The fourth-order valence-corrected chi connectivity index (χ4v) is 3.73. The molecule has 0 N–H and O–H groups in total. The Morgan fingerprint density at radius 1 is 0.690 bits per heavy atom. The van der Waals surface area contributed by atoms with Gasteiger partial charge in [0.15, 0.2) is 28.4 Å². The molecule has 1 aliphatic heterocycles. The van der Waals surface area contributed by atoms with Gasteiger partial charge in [0.2, 0.25) is 17.3 Å². The molecular weight excluding hydrogens is 370 g/mol. The quantitative estimate of drug-likeness (QED) is 0.395. The molecule has 136 valence electrons. The Hall–Kier alpha value is -4.54. The van der Waals surface area contributed by atoms with Gasteiger partial charge in [-0.2, -0.15) is 15.0 Å². The molecule has 7 heterocycles. The van der Waals surface area contributed by atoms with Crippen LogP contribution in [0.3, 0.4) is 0 Å². The van der Waals surface area contributed by atoms with E-state index in [1.54, 1.807) is 31.0 Å². The van der Waals surface area contributed by atoms with Crippen molar-refractivity contribution in [2.24, 2.45) is 4.99 Å². The maximum Gasteiger partial charge on any atom is 0.229 e. The average molecular weight is 379 g/mol. The molecule has 0 fully saturated rings. The second-order valence-electron chi connectivity index (χ2n) is 6.48. The van der Waals surface area contributed by atoms with Gasteiger partial charge in [0.1, 0.15) is 5.69 Å². The maximum atomic E-state index is 4.76. The molecule has 0 atom stereocenters. The monoisotopic (exact) mass is 379 g/mol. The van der Waals surface area contributed by atoms with Crippen molar-refractivity contribution >= 4 is 57.5 Å². The second-order valence-corrected chi connectivity index (χ2v) is 6.48. The largest absolute Gasteiger partial charge is 0.244 e. The molecule has 6 aromatic heterocycles. The van der Waals surface area contributed by atoms with Crippen molar-refractivity contribution in [3.8, 4) is 0 Å². The highest BCUT2D eigenvalue weighted by atomic mass is 15.4. The Labute approximate surface area is 160 Å². The smallest absolute Gasteiger partial charge is 0.229 e. The lowest BCUT2D eigenvalue weighted by atomic mass is 10.2. The van der Waals surface area contributed by atoms with Crippen molar-refractivity contribution < 1.29 is 0 Å². The van der Waals surface area contributed by atoms with Crippen molar-refractivity contribution in [3.63, 3.8) is 0 Å². The van der Waals surface area contributed by atoms with Gasteiger partial charge < -0.3 is 0 Å². The molecule has 11 heteroatoms. The average Bonchev–Trinajstić information content (AvgIpc) is 3.38. The highest BCUT2D eigenvalue weighted by Gasteiger charge is 2.25. The van der Waals surface area contributed by atoms with E-state index >= 15 is 0 Å². The molecule has 0 spiro atoms. The molecule has 0 unspecified atom stereocenters. The lowest BCUT2D eigenvalue weighted by Crippen LogP contribution is -2.06. The normalized spacial score (nSPS) is 14.0. The zero-order valence-corrected chi connectivity index (χ0v) is 14.7. The van der Waals surface area contributed by atoms with Gasteiger partial charge >= 0.3 is 0 Å². The molecule has 6 aromatic rings. The van der Waals surface area contributed by atoms with Crippen LogP contribution in [0.2, 0.25) is 0 Å². The highest BCUT2D eigenvalue weighted by Crippen LogP contribution is 2.32. The minimum absolute atomic E-state index is 0.494. The molecule has 0 saturated carbocycles. The molecule has 11 nitrogen and oxygen atoms in total. The van der Waals surface area contributed by atoms with E-state index < -0.39 is 0 Å². The first-order valence-corrected chi connectivity index (χ1v) is 8.74. The van der Waals surface area contributed by atoms with Crippen LogP contribution in [0.5, 0.6) is 0 Å². The van der Waals surface area contributed by atoms with E-state index in [4.69, 9.17) is 9.97 Å². The van der Waals surface area contributed by atoms with Crippen LogP contribution < -0.4 is 0 Å². The Morgan fingerprint density at radius 2 is 1.28 bits per heavy atom. The van der Waals surface area contributed by atoms with Gasteiger partial charge in [0.05, 0.1) is 0 Å². The summed E-state index contributed by atoms with van der Waals surface area (Å²) in [5.41, 5.74) is 3.63. The second kappa shape index (κ2) is 4.84. The Morgan fingerprint density at radius 3 is 1.97 bits per heavy atom. The van der Waals surface area contributed by atoms with Crippen LogP contribution in [0.4, 0.5) is 5.82 Å². The van der Waals surface area contributed by atoms with Crippen LogP contribution in [0.15, 0.2) is 48.5 Å². The standard InChI is InChI=1S/C18H9N11/c1-9-3-2-4-19-11-10(9)27-16(24-11)28-15-13(21-6-8-23-15)26-18(28)29-14-12(25-17(27)29)20-5-7-22-14/h2-8H,1H2. The van der Waals surface area contributed by atoms with Crippen molar-refractivity contribution in [3.05, 3.63) is 49.2 Å². The number of nitrogens with zero attached hydrogens (tertiary/aromatic N) is 11. The van der Waals surface area contributed by atoms with Gasteiger partial charge in [-0.25, -0.2) is 38.1 Å². The molecule has 0 aliphatic carbocycles. The summed E-state index contributed by atoms with van der Waals surface area (Å²) < 4.78 is 5.54. The first-order chi connectivity index (χ1) is 14.3. The molecule has 0 saturated heterocycles.